The number of methoxy groups -OCH3 is 1. The number of carbonyl (C=O) groups excluding carboxylic acids is 1. The molecule has 3 N–H and O–H groups in total. The van der Waals surface area contributed by atoms with Crippen molar-refractivity contribution in [1.29, 1.82) is 0 Å². The first-order valence-electron chi connectivity index (χ1n) is 9.12. The Morgan fingerprint density at radius 1 is 1.42 bits per heavy atom. The van der Waals surface area contributed by atoms with E-state index in [1.54, 1.807) is 24.7 Å². The van der Waals surface area contributed by atoms with Crippen LogP contribution in [-0.4, -0.2) is 54.5 Å². The molecular weight excluding hydrogens is 339 g/mol. The van der Waals surface area contributed by atoms with Gasteiger partial charge in [-0.3, -0.25) is 10.0 Å². The number of benzene rings is 1. The maximum absolute atomic E-state index is 13.1. The molecule has 146 valence electrons. The van der Waals surface area contributed by atoms with Crippen molar-refractivity contribution in [3.63, 3.8) is 0 Å². The zero-order valence-corrected chi connectivity index (χ0v) is 15.2. The Morgan fingerprint density at radius 2 is 2.15 bits per heavy atom. The van der Waals surface area contributed by atoms with Crippen LogP contribution in [0.4, 0.5) is 4.39 Å². The molecular formula is C19H29FN2O4. The van der Waals surface area contributed by atoms with Gasteiger partial charge in [0.05, 0.1) is 6.10 Å². The molecule has 1 saturated heterocycles. The summed E-state index contributed by atoms with van der Waals surface area (Å²) in [5.74, 6) is -0.897. The molecule has 6 nitrogen and oxygen atoms in total. The molecule has 7 heteroatoms. The van der Waals surface area contributed by atoms with E-state index in [2.05, 4.69) is 4.90 Å². The molecule has 0 spiro atoms. The SMILES string of the molecule is CO[C@H](C[C@H](CCN1CCC[C@H](CO)C1)C(=O)NO)c1ccc(F)cc1. The number of hydrogen-bond donors (Lipinski definition) is 3. The summed E-state index contributed by atoms with van der Waals surface area (Å²) in [4.78, 5) is 14.4. The molecule has 0 radical (unpaired) electrons. The Morgan fingerprint density at radius 3 is 2.77 bits per heavy atom. The van der Waals surface area contributed by atoms with E-state index in [-0.39, 0.29) is 18.5 Å². The second-order valence-corrected chi connectivity index (χ2v) is 6.96. The fraction of sp³-hybridized carbons (Fsp3) is 0.632. The van der Waals surface area contributed by atoms with Crippen LogP contribution in [0.2, 0.25) is 0 Å². The van der Waals surface area contributed by atoms with Crippen LogP contribution in [0.15, 0.2) is 24.3 Å². The van der Waals surface area contributed by atoms with Gasteiger partial charge in [-0.1, -0.05) is 12.1 Å². The first kappa shape index (κ1) is 20.8. The maximum atomic E-state index is 13.1. The third-order valence-electron chi connectivity index (χ3n) is 5.16. The second kappa shape index (κ2) is 10.6. The van der Waals surface area contributed by atoms with Crippen molar-refractivity contribution >= 4 is 5.91 Å². The van der Waals surface area contributed by atoms with Crippen molar-refractivity contribution in [1.82, 2.24) is 10.4 Å². The van der Waals surface area contributed by atoms with Crippen molar-refractivity contribution in [2.45, 2.75) is 31.8 Å². The minimum Gasteiger partial charge on any atom is -0.396 e. The van der Waals surface area contributed by atoms with Crippen LogP contribution >= 0.6 is 0 Å². The van der Waals surface area contributed by atoms with Gasteiger partial charge in [0, 0.05) is 26.2 Å². The third kappa shape index (κ3) is 6.02. The lowest BCUT2D eigenvalue weighted by Crippen LogP contribution is -2.39. The average Bonchev–Trinajstić information content (AvgIpc) is 2.68. The lowest BCUT2D eigenvalue weighted by atomic mass is 9.92. The minimum atomic E-state index is -0.440. The van der Waals surface area contributed by atoms with Crippen molar-refractivity contribution in [2.75, 3.05) is 33.4 Å². The Balaban J connectivity index is 1.97. The number of halogens is 1. The highest BCUT2D eigenvalue weighted by Gasteiger charge is 2.26. The molecule has 0 unspecified atom stereocenters. The zero-order chi connectivity index (χ0) is 18.9. The van der Waals surface area contributed by atoms with Crippen molar-refractivity contribution in [3.8, 4) is 0 Å². The molecule has 3 atom stereocenters. The summed E-state index contributed by atoms with van der Waals surface area (Å²) in [6.07, 6.45) is 2.68. The number of aliphatic hydroxyl groups excluding tert-OH is 1. The van der Waals surface area contributed by atoms with Gasteiger partial charge in [0.15, 0.2) is 0 Å². The summed E-state index contributed by atoms with van der Waals surface area (Å²) < 4.78 is 18.6. The molecule has 2 rings (SSSR count). The number of hydrogen-bond acceptors (Lipinski definition) is 5. The Hall–Kier alpha value is -1.54. The van der Waals surface area contributed by atoms with Crippen molar-refractivity contribution < 1.29 is 24.2 Å². The molecule has 1 aromatic rings. The number of piperidine rings is 1. The zero-order valence-electron chi connectivity index (χ0n) is 15.2. The van der Waals surface area contributed by atoms with E-state index >= 15 is 0 Å². The average molecular weight is 368 g/mol. The summed E-state index contributed by atoms with van der Waals surface area (Å²) in [5.41, 5.74) is 2.54. The first-order chi connectivity index (χ1) is 12.6. The van der Waals surface area contributed by atoms with Crippen LogP contribution < -0.4 is 5.48 Å². The fourth-order valence-electron chi connectivity index (χ4n) is 3.59. The lowest BCUT2D eigenvalue weighted by Gasteiger charge is -2.32. The molecule has 1 amide bonds. The molecule has 26 heavy (non-hydrogen) atoms. The highest BCUT2D eigenvalue weighted by molar-refractivity contribution is 5.77. The van der Waals surface area contributed by atoms with Crippen LogP contribution in [0.5, 0.6) is 0 Å². The van der Waals surface area contributed by atoms with Crippen LogP contribution in [0.3, 0.4) is 0 Å². The predicted octanol–water partition coefficient (Wildman–Crippen LogP) is 2.12. The van der Waals surface area contributed by atoms with E-state index in [9.17, 15) is 14.3 Å². The van der Waals surface area contributed by atoms with E-state index in [1.165, 1.54) is 12.1 Å². The molecule has 0 aromatic heterocycles. The number of carbonyl (C=O) groups is 1. The number of nitrogens with one attached hydrogen (secondary N) is 1. The Bertz CT molecular complexity index is 555. The lowest BCUT2D eigenvalue weighted by molar-refractivity contribution is -0.135. The third-order valence-corrected chi connectivity index (χ3v) is 5.16. The van der Waals surface area contributed by atoms with E-state index in [4.69, 9.17) is 9.94 Å². The molecule has 1 fully saturated rings. The molecule has 1 heterocycles. The molecule has 0 saturated carbocycles. The number of nitrogens with zero attached hydrogens (tertiary/aromatic N) is 1. The number of rotatable bonds is 9. The monoisotopic (exact) mass is 368 g/mol. The molecule has 1 aliphatic heterocycles. The molecule has 0 aliphatic carbocycles. The smallest absolute Gasteiger partial charge is 0.246 e. The topological polar surface area (TPSA) is 82.0 Å². The van der Waals surface area contributed by atoms with Crippen LogP contribution in [0, 0.1) is 17.7 Å². The maximum Gasteiger partial charge on any atom is 0.246 e. The molecule has 0 bridgehead atoms. The van der Waals surface area contributed by atoms with Crippen LogP contribution in [-0.2, 0) is 9.53 Å². The highest BCUT2D eigenvalue weighted by atomic mass is 19.1. The number of ether oxygens (including phenoxy) is 1. The quantitative estimate of drug-likeness (QED) is 0.459. The van der Waals surface area contributed by atoms with E-state index in [1.807, 2.05) is 0 Å². The summed E-state index contributed by atoms with van der Waals surface area (Å²) in [7, 11) is 1.55. The predicted molar refractivity (Wildman–Crippen MR) is 95.1 cm³/mol. The Labute approximate surface area is 153 Å². The van der Waals surface area contributed by atoms with Crippen molar-refractivity contribution in [2.24, 2.45) is 11.8 Å². The summed E-state index contributed by atoms with van der Waals surface area (Å²) in [6.45, 7) is 2.69. The van der Waals surface area contributed by atoms with Gasteiger partial charge in [0.25, 0.3) is 0 Å². The number of aliphatic hydroxyl groups is 1. The summed E-state index contributed by atoms with van der Waals surface area (Å²) in [6, 6.07) is 6.03. The van der Waals surface area contributed by atoms with Gasteiger partial charge >= 0.3 is 0 Å². The van der Waals surface area contributed by atoms with Gasteiger partial charge in [-0.05, 0) is 62.4 Å². The van der Waals surface area contributed by atoms with E-state index < -0.39 is 11.8 Å². The van der Waals surface area contributed by atoms with Crippen LogP contribution in [0.1, 0.15) is 37.4 Å². The highest BCUT2D eigenvalue weighted by Crippen LogP contribution is 2.27. The van der Waals surface area contributed by atoms with Gasteiger partial charge in [0.2, 0.25) is 5.91 Å². The number of amides is 1. The number of hydroxylamine groups is 1. The number of likely N-dealkylation sites (tertiary alicyclic amines) is 1. The summed E-state index contributed by atoms with van der Waals surface area (Å²) in [5, 5.41) is 18.4. The van der Waals surface area contributed by atoms with Gasteiger partial charge in [-0.2, -0.15) is 0 Å². The Kier molecular flexibility index (Phi) is 8.44. The minimum absolute atomic E-state index is 0.188. The van der Waals surface area contributed by atoms with Crippen LogP contribution in [0.25, 0.3) is 0 Å². The summed E-state index contributed by atoms with van der Waals surface area (Å²) >= 11 is 0. The first-order valence-corrected chi connectivity index (χ1v) is 9.12. The van der Waals surface area contributed by atoms with Gasteiger partial charge in [-0.25, -0.2) is 9.87 Å². The standard InChI is InChI=1S/C19H29FN2O4/c1-26-18(15-4-6-17(20)7-5-15)11-16(19(24)21-25)8-10-22-9-2-3-14(12-22)13-23/h4-7,14,16,18,23,25H,2-3,8-13H2,1H3,(H,21,24)/t14-,16-,18+/m0/s1. The molecule has 1 aliphatic rings. The van der Waals surface area contributed by atoms with E-state index in [0.717, 1.165) is 31.5 Å². The largest absolute Gasteiger partial charge is 0.396 e. The van der Waals surface area contributed by atoms with Gasteiger partial charge < -0.3 is 14.7 Å². The van der Waals surface area contributed by atoms with Gasteiger partial charge in [0.1, 0.15) is 5.82 Å². The fourth-order valence-corrected chi connectivity index (χ4v) is 3.59. The van der Waals surface area contributed by atoms with Crippen molar-refractivity contribution in [3.05, 3.63) is 35.6 Å². The molecule has 1 aromatic carbocycles. The van der Waals surface area contributed by atoms with E-state index in [0.29, 0.717) is 25.3 Å². The van der Waals surface area contributed by atoms with Gasteiger partial charge in [-0.15, -0.1) is 0 Å². The second-order valence-electron chi connectivity index (χ2n) is 6.96. The normalized spacial score (nSPS) is 20.5.